The topological polar surface area (TPSA) is 209 Å². The van der Waals surface area contributed by atoms with Crippen molar-refractivity contribution >= 4 is 43.6 Å². The number of azo groups is 1. The van der Waals surface area contributed by atoms with Crippen LogP contribution in [0.25, 0.3) is 10.8 Å². The molecular weight excluding hydrogens is 447 g/mol. The third-order valence-electron chi connectivity index (χ3n) is 3.96. The average Bonchev–Trinajstić information content (AvgIpc) is 2.67. The quantitative estimate of drug-likeness (QED) is 0.175. The summed E-state index contributed by atoms with van der Waals surface area (Å²) in [6.07, 6.45) is 0. The van der Waals surface area contributed by atoms with E-state index in [1.54, 1.807) is 0 Å². The second kappa shape index (κ2) is 8.91. The van der Waals surface area contributed by atoms with Crippen LogP contribution in [0, 0.1) is 20.2 Å². The van der Waals surface area contributed by atoms with Crippen LogP contribution < -0.4 is 34.7 Å². The van der Waals surface area contributed by atoms with E-state index in [0.717, 1.165) is 12.1 Å². The van der Waals surface area contributed by atoms with Gasteiger partial charge in [0.05, 0.1) is 21.6 Å². The maximum atomic E-state index is 12.1. The van der Waals surface area contributed by atoms with Gasteiger partial charge >= 0.3 is 29.6 Å². The van der Waals surface area contributed by atoms with Gasteiger partial charge < -0.3 is 10.2 Å². The normalized spacial score (nSPS) is 11.4. The van der Waals surface area contributed by atoms with Crippen molar-refractivity contribution in [3.05, 3.63) is 62.7 Å². The number of nitro benzene ring substituents is 2. The Labute approximate surface area is 195 Å². The van der Waals surface area contributed by atoms with Crippen LogP contribution >= 0.6 is 0 Å². The van der Waals surface area contributed by atoms with E-state index in [4.69, 9.17) is 0 Å². The van der Waals surface area contributed by atoms with Crippen molar-refractivity contribution < 1.29 is 62.6 Å². The summed E-state index contributed by atoms with van der Waals surface area (Å²) in [5.74, 6) is -1.78. The average molecular weight is 456 g/mol. The number of benzene rings is 3. The van der Waals surface area contributed by atoms with E-state index < -0.39 is 53.4 Å². The zero-order chi connectivity index (χ0) is 22.2. The van der Waals surface area contributed by atoms with Crippen molar-refractivity contribution in [2.24, 2.45) is 10.2 Å². The monoisotopic (exact) mass is 456 g/mol. The van der Waals surface area contributed by atoms with Crippen molar-refractivity contribution in [2.75, 3.05) is 0 Å². The van der Waals surface area contributed by atoms with E-state index in [9.17, 15) is 43.4 Å². The molecule has 13 nitrogen and oxygen atoms in total. The van der Waals surface area contributed by atoms with Crippen molar-refractivity contribution in [1.82, 2.24) is 0 Å². The minimum Gasteiger partial charge on any atom is -0.866 e. The number of fused-ring (bicyclic) bond motifs is 1. The number of nitrogens with zero attached hydrogens (tertiary/aromatic N) is 4. The van der Waals surface area contributed by atoms with E-state index in [-0.39, 0.29) is 46.0 Å². The summed E-state index contributed by atoms with van der Waals surface area (Å²) in [6.45, 7) is 0. The fourth-order valence-electron chi connectivity index (χ4n) is 2.61. The van der Waals surface area contributed by atoms with E-state index in [1.165, 1.54) is 18.2 Å². The molecule has 3 aromatic rings. The molecule has 0 spiro atoms. The van der Waals surface area contributed by atoms with Crippen LogP contribution in [0.5, 0.6) is 11.5 Å². The fraction of sp³-hybridized carbons (Fsp3) is 0. The maximum Gasteiger partial charge on any atom is 1.00 e. The molecule has 0 saturated heterocycles. The Hall–Kier alpha value is -3.17. The predicted octanol–water partition coefficient (Wildman–Crippen LogP) is 0.101. The van der Waals surface area contributed by atoms with Crippen LogP contribution in [0.15, 0.2) is 57.6 Å². The molecule has 0 amide bonds. The molecule has 0 bridgehead atoms. The molecule has 15 heteroatoms. The summed E-state index contributed by atoms with van der Waals surface area (Å²) in [5.41, 5.74) is -2.79. The minimum absolute atomic E-state index is 0. The van der Waals surface area contributed by atoms with Gasteiger partial charge in [0.25, 0.3) is 21.5 Å². The second-order valence-electron chi connectivity index (χ2n) is 5.79. The van der Waals surface area contributed by atoms with Crippen LogP contribution in [0.4, 0.5) is 22.7 Å². The van der Waals surface area contributed by atoms with Crippen LogP contribution in [0.3, 0.4) is 0 Å². The third kappa shape index (κ3) is 4.78. The third-order valence-corrected chi connectivity index (χ3v) is 4.87. The summed E-state index contributed by atoms with van der Waals surface area (Å²) < 4.78 is 32.2. The summed E-state index contributed by atoms with van der Waals surface area (Å²) >= 11 is 0. The van der Waals surface area contributed by atoms with Gasteiger partial charge in [-0.1, -0.05) is 18.2 Å². The van der Waals surface area contributed by atoms with Crippen molar-refractivity contribution in [1.29, 1.82) is 0 Å². The zero-order valence-electron chi connectivity index (χ0n) is 15.5. The molecule has 0 radical (unpaired) electrons. The van der Waals surface area contributed by atoms with Crippen molar-refractivity contribution in [3.8, 4) is 11.5 Å². The molecule has 0 aliphatic heterocycles. The number of phenols is 1. The molecule has 0 aliphatic rings. The Kier molecular flexibility index (Phi) is 6.93. The van der Waals surface area contributed by atoms with Gasteiger partial charge in [-0.25, -0.2) is 0 Å². The molecule has 3 rings (SSSR count). The molecule has 3 aromatic carbocycles. The SMILES string of the molecule is O=[N+]([O-])c1cc(N=Nc2ccc3c(S(=O)(=O)O)cccc3c2O)c([O-])c([N+](=O)[O-])c1.[Na+]. The first-order valence-electron chi connectivity index (χ1n) is 7.78. The van der Waals surface area contributed by atoms with Gasteiger partial charge in [0, 0.05) is 22.6 Å². The molecule has 31 heavy (non-hydrogen) atoms. The predicted molar refractivity (Wildman–Crippen MR) is 98.8 cm³/mol. The van der Waals surface area contributed by atoms with E-state index in [0.29, 0.717) is 12.1 Å². The van der Waals surface area contributed by atoms with Crippen LogP contribution in [-0.2, 0) is 10.1 Å². The van der Waals surface area contributed by atoms with Gasteiger partial charge in [0.15, 0.2) is 5.75 Å². The molecule has 0 fully saturated rings. The molecule has 0 heterocycles. The summed E-state index contributed by atoms with van der Waals surface area (Å²) in [4.78, 5) is 19.4. The molecule has 0 atom stereocenters. The number of rotatable bonds is 5. The van der Waals surface area contributed by atoms with Crippen LogP contribution in [0.1, 0.15) is 0 Å². The molecule has 2 N–H and O–H groups in total. The Morgan fingerprint density at radius 3 is 2.13 bits per heavy atom. The Morgan fingerprint density at radius 2 is 1.55 bits per heavy atom. The summed E-state index contributed by atoms with van der Waals surface area (Å²) in [5, 5.41) is 51.3. The van der Waals surface area contributed by atoms with E-state index in [1.807, 2.05) is 0 Å². The number of aromatic hydroxyl groups is 1. The molecule has 0 saturated carbocycles. The van der Waals surface area contributed by atoms with Gasteiger partial charge in [-0.2, -0.15) is 13.5 Å². The number of hydrogen-bond donors (Lipinski definition) is 2. The number of nitro groups is 2. The first-order valence-corrected chi connectivity index (χ1v) is 9.22. The fourth-order valence-corrected chi connectivity index (χ4v) is 3.32. The number of hydrogen-bond acceptors (Lipinski definition) is 10. The molecule has 0 aliphatic carbocycles. The van der Waals surface area contributed by atoms with Gasteiger partial charge in [-0.05, 0) is 12.1 Å². The first kappa shape index (κ1) is 24.1. The summed E-state index contributed by atoms with van der Waals surface area (Å²) in [6, 6.07) is 7.21. The maximum absolute atomic E-state index is 12.1. The number of phenolic OH excluding ortho intramolecular Hbond substituents is 1. The van der Waals surface area contributed by atoms with Crippen LogP contribution in [-0.4, -0.2) is 27.9 Å². The van der Waals surface area contributed by atoms with Gasteiger partial charge in [-0.3, -0.25) is 24.8 Å². The smallest absolute Gasteiger partial charge is 0.866 e. The van der Waals surface area contributed by atoms with Crippen LogP contribution in [0.2, 0.25) is 0 Å². The van der Waals surface area contributed by atoms with E-state index >= 15 is 0 Å². The van der Waals surface area contributed by atoms with Crippen molar-refractivity contribution in [3.63, 3.8) is 0 Å². The van der Waals surface area contributed by atoms with Gasteiger partial charge in [0.1, 0.15) is 10.6 Å². The Morgan fingerprint density at radius 1 is 0.903 bits per heavy atom. The Bertz CT molecular complexity index is 1360. The summed E-state index contributed by atoms with van der Waals surface area (Å²) in [7, 11) is -4.58. The van der Waals surface area contributed by atoms with E-state index in [2.05, 4.69) is 10.2 Å². The molecule has 154 valence electrons. The zero-order valence-corrected chi connectivity index (χ0v) is 18.3. The largest absolute Gasteiger partial charge is 1.00 e. The molecular formula is C16H9N4NaO9S. The van der Waals surface area contributed by atoms with Gasteiger partial charge in [0.2, 0.25) is 0 Å². The van der Waals surface area contributed by atoms with Gasteiger partial charge in [-0.15, -0.1) is 5.11 Å². The Balaban J connectivity index is 0.00000341. The second-order valence-corrected chi connectivity index (χ2v) is 7.18. The minimum atomic E-state index is -4.58. The molecule has 0 unspecified atom stereocenters. The first-order chi connectivity index (χ1) is 14.0. The van der Waals surface area contributed by atoms with Crippen molar-refractivity contribution in [2.45, 2.75) is 4.90 Å². The standard InChI is InChI=1S/C16H10N4O9S.Na/c21-15-10-2-1-3-14(30(27,28)29)9(10)4-5-11(15)17-18-12-6-8(19(23)24)7-13(16(12)22)20(25)26;/h1-7,21-22H,(H,27,28,29);/q;+1/p-1. The number of non-ortho nitro benzene ring substituents is 1. The molecule has 0 aromatic heterocycles.